The van der Waals surface area contributed by atoms with E-state index in [4.69, 9.17) is 23.7 Å². The minimum Gasteiger partial charge on any atom is -0.488 e. The number of benzene rings is 5. The summed E-state index contributed by atoms with van der Waals surface area (Å²) in [4.78, 5) is 22.2. The van der Waals surface area contributed by atoms with Gasteiger partial charge in [-0.3, -0.25) is 0 Å². The van der Waals surface area contributed by atoms with Crippen molar-refractivity contribution in [3.05, 3.63) is 192 Å². The highest BCUT2D eigenvalue weighted by molar-refractivity contribution is 6.00. The van der Waals surface area contributed by atoms with Gasteiger partial charge in [0.15, 0.2) is 86.9 Å². The molecule has 12 rings (SSSR count). The molecule has 31 heteroatoms. The third kappa shape index (κ3) is 11.4. The fourth-order valence-corrected chi connectivity index (χ4v) is 11.5. The lowest BCUT2D eigenvalue weighted by Crippen LogP contribution is -2.07. The molecule has 2 N–H and O–H groups in total. The number of fused-ring (bicyclic) bond motifs is 12. The quantitative estimate of drug-likeness (QED) is 0.0761. The lowest BCUT2D eigenvalue weighted by Gasteiger charge is -2.14. The third-order valence-electron chi connectivity index (χ3n) is 15.7. The number of hydrogen-bond donors (Lipinski definition) is 2. The van der Waals surface area contributed by atoms with E-state index in [0.29, 0.717) is 24.3 Å². The maximum atomic E-state index is 17.1. The van der Waals surface area contributed by atoms with Crippen LogP contribution in [0.25, 0.3) is 126 Å². The van der Waals surface area contributed by atoms with Crippen LogP contribution in [0.1, 0.15) is 80.2 Å². The van der Waals surface area contributed by atoms with Crippen molar-refractivity contribution in [2.75, 3.05) is 33.0 Å². The Morgan fingerprint density at radius 3 is 0.614 bits per heavy atom. The molecule has 12 bridgehead atoms. The van der Waals surface area contributed by atoms with Crippen LogP contribution in [0.15, 0.2) is 30.3 Å². The van der Waals surface area contributed by atoms with Gasteiger partial charge in [0.05, 0.1) is 106 Å². The zero-order valence-corrected chi connectivity index (χ0v) is 51.9. The fraction of sp³-hybridized carbons (Fsp3) is 0.143. The number of nitrogens with one attached hydrogen (secondary N) is 2. The number of ether oxygens (including phenoxy) is 5. The molecule has 0 aliphatic carbocycles. The Balaban J connectivity index is 1.35. The molecule has 0 unspecified atom stereocenters. The second kappa shape index (κ2) is 27.0. The van der Waals surface area contributed by atoms with Crippen LogP contribution < -0.4 is 23.7 Å². The molecule has 0 atom stereocenters. The van der Waals surface area contributed by atoms with Gasteiger partial charge in [0.1, 0.15) is 0 Å². The number of aromatic nitrogens is 6. The molecule has 101 heavy (non-hydrogen) atoms. The van der Waals surface area contributed by atoms with E-state index in [-0.39, 0.29) is 11.4 Å². The standard InChI is InChI=1S/C70H40F20N6O5/c1-6-97-66-56(81)46(71)41(47(72)57(66)82)36-26-13-11-24(91-26)23-25-12-14-27(92-25)37(42-48(73)58(83)67(98-7-2)59(84)49(42)74)29-16-18-31(94-29)39(44-52(77)62(87)69(100-9-4)63(88)53(44)78)33-20-22-35(96-33)40(45-54(79)64(89)70(101-10-5)65(90)55(45)80)34-21-19-32(95-34)38(30-17-15-28(36)93-30)43-50(75)60(85)68(99-8-3)61(86)51(43)76/h11-23,93-94H,6-10H2,1-5H3. The third-order valence-corrected chi connectivity index (χ3v) is 15.7. The number of aromatic amines is 2. The summed E-state index contributed by atoms with van der Waals surface area (Å²) < 4.78 is 356. The molecule has 4 aliphatic heterocycles. The molecular formula is C70H40F20N6O5. The van der Waals surface area contributed by atoms with Crippen LogP contribution in [-0.2, 0) is 0 Å². The van der Waals surface area contributed by atoms with Gasteiger partial charge in [-0.15, -0.1) is 0 Å². The van der Waals surface area contributed by atoms with Crippen molar-refractivity contribution in [1.82, 2.24) is 29.9 Å². The van der Waals surface area contributed by atoms with Gasteiger partial charge < -0.3 is 33.7 Å². The van der Waals surface area contributed by atoms with Crippen LogP contribution in [0.3, 0.4) is 0 Å². The Bertz CT molecular complexity index is 4980. The minimum atomic E-state index is -2.35. The first kappa shape index (κ1) is 69.5. The Hall–Kier alpha value is -11.4. The van der Waals surface area contributed by atoms with Gasteiger partial charge >= 0.3 is 0 Å². The van der Waals surface area contributed by atoms with E-state index in [2.05, 4.69) is 29.9 Å². The first-order chi connectivity index (χ1) is 48.2. The second-order valence-electron chi connectivity index (χ2n) is 21.5. The van der Waals surface area contributed by atoms with E-state index in [9.17, 15) is 0 Å². The number of H-pyrrole nitrogens is 2. The summed E-state index contributed by atoms with van der Waals surface area (Å²) in [6.07, 6.45) is 6.81. The molecule has 520 valence electrons. The van der Waals surface area contributed by atoms with Crippen molar-refractivity contribution in [3.63, 3.8) is 0 Å². The molecule has 8 aromatic rings. The van der Waals surface area contributed by atoms with Gasteiger partial charge in [0.25, 0.3) is 0 Å². The topological polar surface area (TPSA) is 129 Å². The van der Waals surface area contributed by atoms with Crippen molar-refractivity contribution in [2.45, 2.75) is 34.6 Å². The van der Waals surface area contributed by atoms with Crippen molar-refractivity contribution in [2.24, 2.45) is 0 Å². The van der Waals surface area contributed by atoms with Gasteiger partial charge in [-0.2, -0.15) is 43.9 Å². The first-order valence-electron chi connectivity index (χ1n) is 29.9. The van der Waals surface area contributed by atoms with E-state index in [1.54, 1.807) is 0 Å². The van der Waals surface area contributed by atoms with Gasteiger partial charge in [-0.1, -0.05) is 0 Å². The molecule has 0 radical (unpaired) electrons. The summed E-state index contributed by atoms with van der Waals surface area (Å²) in [5, 5.41) is 0. The van der Waals surface area contributed by atoms with Gasteiger partial charge in [0.2, 0.25) is 58.2 Å². The monoisotopic (exact) mass is 1420 g/mol. The van der Waals surface area contributed by atoms with Crippen LogP contribution in [0.5, 0.6) is 28.7 Å². The van der Waals surface area contributed by atoms with Crippen LogP contribution >= 0.6 is 0 Å². The fourth-order valence-electron chi connectivity index (χ4n) is 11.5. The summed E-state index contributed by atoms with van der Waals surface area (Å²) in [5.74, 6) is -52.5. The molecular weight excluding hydrogens is 1380 g/mol. The summed E-state index contributed by atoms with van der Waals surface area (Å²) in [6.45, 7) is 2.94. The SMILES string of the molecule is CCOc1c(F)c(F)c(-c2c3nc(c(-c4c(F)c(F)c(OCC)c(F)c4F)c4ccc([nH]4)c(-c4c(F)c(F)c(OCC)c(F)c4F)c4nc(cc5nc(c(-c6c(F)c(F)c(OCC)c(F)c6F)c6ccc([nH]6)c(-c6c(F)c(F)c(OCC)c(F)c6F)c6nc2C=C6)C=C5)C=C4)C=C3)c(F)c1F. The van der Waals surface area contributed by atoms with Gasteiger partial charge in [-0.05, 0) is 114 Å². The van der Waals surface area contributed by atoms with Crippen LogP contribution in [0, 0.1) is 116 Å². The highest BCUT2D eigenvalue weighted by Crippen LogP contribution is 2.48. The predicted octanol–water partition coefficient (Wildman–Crippen LogP) is 19.8. The van der Waals surface area contributed by atoms with Gasteiger partial charge in [0, 0.05) is 49.9 Å². The molecule has 0 fully saturated rings. The molecule has 3 aromatic heterocycles. The summed E-state index contributed by atoms with van der Waals surface area (Å²) in [5.41, 5.74) is -23.2. The molecule has 7 heterocycles. The van der Waals surface area contributed by atoms with Crippen LogP contribution in [0.2, 0.25) is 0 Å². The highest BCUT2D eigenvalue weighted by Gasteiger charge is 2.38. The Morgan fingerprint density at radius 2 is 0.406 bits per heavy atom. The predicted molar refractivity (Wildman–Crippen MR) is 330 cm³/mol. The minimum absolute atomic E-state index is 0.326. The van der Waals surface area contributed by atoms with E-state index in [1.165, 1.54) is 27.7 Å². The molecule has 5 aromatic carbocycles. The average Bonchev–Trinajstić information content (AvgIpc) is 1.67. The highest BCUT2D eigenvalue weighted by atomic mass is 19.2. The maximum absolute atomic E-state index is 17.1. The normalized spacial score (nSPS) is 12.2. The maximum Gasteiger partial charge on any atom is 0.204 e. The lowest BCUT2D eigenvalue weighted by molar-refractivity contribution is 0.287. The molecule has 0 saturated carbocycles. The largest absolute Gasteiger partial charge is 0.488 e. The molecule has 0 amide bonds. The van der Waals surface area contributed by atoms with Crippen molar-refractivity contribution >= 4 is 70.7 Å². The van der Waals surface area contributed by atoms with E-state index >= 15 is 87.8 Å². The average molecular weight is 1430 g/mol. The zero-order chi connectivity index (χ0) is 72.6. The Labute approximate surface area is 554 Å². The summed E-state index contributed by atoms with van der Waals surface area (Å²) in [6, 6.07) is 4.25. The second-order valence-corrected chi connectivity index (χ2v) is 21.5. The Morgan fingerprint density at radius 1 is 0.228 bits per heavy atom. The van der Waals surface area contributed by atoms with E-state index in [0.717, 1.165) is 61.6 Å². The first-order valence-corrected chi connectivity index (χ1v) is 29.9. The molecule has 0 saturated heterocycles. The lowest BCUT2D eigenvalue weighted by atomic mass is 9.99. The number of halogens is 20. The van der Waals surface area contributed by atoms with Crippen molar-refractivity contribution in [1.29, 1.82) is 0 Å². The molecule has 11 nitrogen and oxygen atoms in total. The van der Waals surface area contributed by atoms with E-state index < -0.39 is 290 Å². The number of nitrogens with zero attached hydrogens (tertiary/aromatic N) is 4. The summed E-state index contributed by atoms with van der Waals surface area (Å²) in [7, 11) is 0. The van der Waals surface area contributed by atoms with Crippen LogP contribution in [-0.4, -0.2) is 62.9 Å². The number of rotatable bonds is 15. The smallest absolute Gasteiger partial charge is 0.204 e. The van der Waals surface area contributed by atoms with Crippen molar-refractivity contribution in [3.8, 4) is 84.4 Å². The van der Waals surface area contributed by atoms with Gasteiger partial charge in [-0.25, -0.2) is 63.8 Å². The molecule has 0 spiro atoms. The summed E-state index contributed by atoms with van der Waals surface area (Å²) >= 11 is 0. The molecule has 4 aliphatic rings. The number of hydrogen-bond acceptors (Lipinski definition) is 9. The van der Waals surface area contributed by atoms with Crippen LogP contribution in [0.4, 0.5) is 87.8 Å². The van der Waals surface area contributed by atoms with E-state index in [1.807, 2.05) is 0 Å². The van der Waals surface area contributed by atoms with Crippen molar-refractivity contribution < 1.29 is 111 Å². The zero-order valence-electron chi connectivity index (χ0n) is 51.9. The Kier molecular flexibility index (Phi) is 18.6.